The Morgan fingerprint density at radius 2 is 1.65 bits per heavy atom. The maximum Gasteiger partial charge on any atom is 0.152 e. The second-order valence-corrected chi connectivity index (χ2v) is 10.9. The van der Waals surface area contributed by atoms with Gasteiger partial charge >= 0.3 is 0 Å². The van der Waals surface area contributed by atoms with Crippen molar-refractivity contribution in [1.29, 1.82) is 0 Å². The molecule has 34 heavy (non-hydrogen) atoms. The summed E-state index contributed by atoms with van der Waals surface area (Å²) in [7, 11) is -1.20. The summed E-state index contributed by atoms with van der Waals surface area (Å²) in [4.78, 5) is 7.06. The fraction of sp³-hybridized carbons (Fsp3) is 0.222. The van der Waals surface area contributed by atoms with Crippen LogP contribution in [-0.2, 0) is 16.4 Å². The van der Waals surface area contributed by atoms with Crippen molar-refractivity contribution >= 4 is 32.1 Å². The smallest absolute Gasteiger partial charge is 0.152 e. The largest absolute Gasteiger partial charge is 0.497 e. The quantitative estimate of drug-likeness (QED) is 0.430. The minimum atomic E-state index is -2.86. The van der Waals surface area contributed by atoms with Gasteiger partial charge in [-0.05, 0) is 54.1 Å². The van der Waals surface area contributed by atoms with E-state index in [9.17, 15) is 8.42 Å². The first-order chi connectivity index (χ1) is 16.5. The van der Waals surface area contributed by atoms with E-state index in [2.05, 4.69) is 46.6 Å². The van der Waals surface area contributed by atoms with Gasteiger partial charge < -0.3 is 10.1 Å². The highest BCUT2D eigenvalue weighted by atomic mass is 32.2. The van der Waals surface area contributed by atoms with Crippen molar-refractivity contribution in [2.75, 3.05) is 37.0 Å². The fourth-order valence-electron chi connectivity index (χ4n) is 4.20. The lowest BCUT2D eigenvalue weighted by atomic mass is 10.1. The van der Waals surface area contributed by atoms with E-state index in [4.69, 9.17) is 9.72 Å². The molecule has 3 aromatic carbocycles. The van der Waals surface area contributed by atoms with E-state index < -0.39 is 9.84 Å². The first-order valence-electron chi connectivity index (χ1n) is 11.3. The second kappa shape index (κ2) is 9.44. The molecule has 1 aromatic heterocycles. The third kappa shape index (κ3) is 5.05. The van der Waals surface area contributed by atoms with Crippen molar-refractivity contribution in [3.8, 4) is 17.0 Å². The lowest BCUT2D eigenvalue weighted by Crippen LogP contribution is -2.39. The minimum Gasteiger partial charge on any atom is -0.497 e. The molecule has 0 aliphatic carbocycles. The molecule has 1 fully saturated rings. The van der Waals surface area contributed by atoms with Crippen LogP contribution in [0.5, 0.6) is 5.75 Å². The fourth-order valence-corrected chi connectivity index (χ4v) is 5.48. The topological polar surface area (TPSA) is 71.5 Å². The number of anilines is 2. The number of methoxy groups -OCH3 is 1. The Morgan fingerprint density at radius 1 is 0.941 bits per heavy atom. The summed E-state index contributed by atoms with van der Waals surface area (Å²) < 4.78 is 28.6. The Labute approximate surface area is 200 Å². The highest BCUT2D eigenvalue weighted by molar-refractivity contribution is 7.91. The molecule has 1 aliphatic heterocycles. The number of para-hydroxylation sites is 1. The Hall–Kier alpha value is -3.42. The number of ether oxygens (including phenoxy) is 1. The summed E-state index contributed by atoms with van der Waals surface area (Å²) in [6, 6.07) is 26.4. The summed E-state index contributed by atoms with van der Waals surface area (Å²) in [6.45, 7) is 1.95. The minimum absolute atomic E-state index is 0.248. The SMILES string of the molecule is COc1ccc(-c2cc(Nc3ccc(CN4CCS(=O)(=O)CC4)cc3)c3ccccc3n2)cc1. The van der Waals surface area contributed by atoms with Crippen molar-refractivity contribution < 1.29 is 13.2 Å². The van der Waals surface area contributed by atoms with Crippen LogP contribution >= 0.6 is 0 Å². The van der Waals surface area contributed by atoms with Gasteiger partial charge in [-0.25, -0.2) is 13.4 Å². The first kappa shape index (κ1) is 22.4. The van der Waals surface area contributed by atoms with E-state index in [0.717, 1.165) is 45.8 Å². The van der Waals surface area contributed by atoms with Crippen LogP contribution in [0.1, 0.15) is 5.56 Å². The van der Waals surface area contributed by atoms with E-state index in [1.807, 2.05) is 42.5 Å². The molecule has 0 bridgehead atoms. The monoisotopic (exact) mass is 473 g/mol. The van der Waals surface area contributed by atoms with E-state index in [-0.39, 0.29) is 11.5 Å². The molecule has 6 nitrogen and oxygen atoms in total. The van der Waals surface area contributed by atoms with Gasteiger partial charge in [0.2, 0.25) is 0 Å². The molecule has 4 aromatic rings. The molecule has 7 heteroatoms. The van der Waals surface area contributed by atoms with Crippen LogP contribution in [0.3, 0.4) is 0 Å². The van der Waals surface area contributed by atoms with Crippen LogP contribution in [0.4, 0.5) is 11.4 Å². The molecule has 5 rings (SSSR count). The third-order valence-corrected chi connectivity index (χ3v) is 7.79. The maximum atomic E-state index is 11.7. The molecule has 2 heterocycles. The number of sulfone groups is 1. The molecule has 0 atom stereocenters. The van der Waals surface area contributed by atoms with E-state index in [1.165, 1.54) is 5.56 Å². The number of hydrogen-bond donors (Lipinski definition) is 1. The highest BCUT2D eigenvalue weighted by Crippen LogP contribution is 2.31. The molecule has 0 amide bonds. The van der Waals surface area contributed by atoms with Crippen LogP contribution in [0, 0.1) is 0 Å². The third-order valence-electron chi connectivity index (χ3n) is 6.18. The standard InChI is InChI=1S/C27H27N3O3S/c1-33-23-12-8-21(9-13-23)26-18-27(24-4-2-3-5-25(24)29-26)28-22-10-6-20(7-11-22)19-30-14-16-34(31,32)17-15-30/h2-13,18H,14-17,19H2,1H3,(H,28,29). The first-order valence-corrected chi connectivity index (χ1v) is 13.1. The predicted molar refractivity (Wildman–Crippen MR) is 137 cm³/mol. The van der Waals surface area contributed by atoms with Gasteiger partial charge in [0.15, 0.2) is 9.84 Å². The van der Waals surface area contributed by atoms with Crippen LogP contribution in [0.15, 0.2) is 78.9 Å². The van der Waals surface area contributed by atoms with Crippen molar-refractivity contribution in [1.82, 2.24) is 9.88 Å². The molecule has 1 saturated heterocycles. The Kier molecular flexibility index (Phi) is 6.22. The average molecular weight is 474 g/mol. The average Bonchev–Trinajstić information content (AvgIpc) is 2.86. The zero-order valence-corrected chi connectivity index (χ0v) is 19.9. The summed E-state index contributed by atoms with van der Waals surface area (Å²) in [5, 5.41) is 4.62. The van der Waals surface area contributed by atoms with E-state index in [0.29, 0.717) is 13.1 Å². The van der Waals surface area contributed by atoms with Gasteiger partial charge in [0.1, 0.15) is 5.75 Å². The summed E-state index contributed by atoms with van der Waals surface area (Å²) in [5.41, 5.74) is 5.99. The van der Waals surface area contributed by atoms with Crippen LogP contribution in [0.2, 0.25) is 0 Å². The van der Waals surface area contributed by atoms with Crippen molar-refractivity contribution in [3.63, 3.8) is 0 Å². The number of hydrogen-bond acceptors (Lipinski definition) is 6. The second-order valence-electron chi connectivity index (χ2n) is 8.55. The van der Waals surface area contributed by atoms with Gasteiger partial charge in [-0.2, -0.15) is 0 Å². The summed E-state index contributed by atoms with van der Waals surface area (Å²) in [5.74, 6) is 1.31. The number of pyridine rings is 1. The number of benzene rings is 3. The molecule has 0 spiro atoms. The summed E-state index contributed by atoms with van der Waals surface area (Å²) in [6.07, 6.45) is 0. The lowest BCUT2D eigenvalue weighted by molar-refractivity contribution is 0.287. The maximum absolute atomic E-state index is 11.7. The van der Waals surface area contributed by atoms with Crippen LogP contribution in [-0.4, -0.2) is 50.0 Å². The van der Waals surface area contributed by atoms with Gasteiger partial charge in [0, 0.05) is 36.3 Å². The number of fused-ring (bicyclic) bond motifs is 1. The molecule has 0 unspecified atom stereocenters. The molecule has 1 aliphatic rings. The molecule has 0 radical (unpaired) electrons. The lowest BCUT2D eigenvalue weighted by Gasteiger charge is -2.26. The zero-order valence-electron chi connectivity index (χ0n) is 19.1. The molecule has 0 saturated carbocycles. The summed E-state index contributed by atoms with van der Waals surface area (Å²) >= 11 is 0. The van der Waals surface area contributed by atoms with Crippen LogP contribution in [0.25, 0.3) is 22.2 Å². The number of nitrogens with one attached hydrogen (secondary N) is 1. The number of aromatic nitrogens is 1. The van der Waals surface area contributed by atoms with Gasteiger partial charge in [-0.15, -0.1) is 0 Å². The predicted octanol–water partition coefficient (Wildman–Crippen LogP) is 4.88. The number of rotatable bonds is 6. The molecule has 1 N–H and O–H groups in total. The Balaban J connectivity index is 1.37. The normalized spacial score (nSPS) is 15.8. The highest BCUT2D eigenvalue weighted by Gasteiger charge is 2.21. The van der Waals surface area contributed by atoms with Crippen molar-refractivity contribution in [3.05, 3.63) is 84.4 Å². The van der Waals surface area contributed by atoms with Gasteiger partial charge in [-0.1, -0.05) is 30.3 Å². The van der Waals surface area contributed by atoms with E-state index >= 15 is 0 Å². The van der Waals surface area contributed by atoms with Crippen molar-refractivity contribution in [2.45, 2.75) is 6.54 Å². The molecule has 174 valence electrons. The van der Waals surface area contributed by atoms with Gasteiger partial charge in [0.25, 0.3) is 0 Å². The Bertz CT molecular complexity index is 1390. The molecular formula is C27H27N3O3S. The van der Waals surface area contributed by atoms with Crippen LogP contribution < -0.4 is 10.1 Å². The zero-order chi connectivity index (χ0) is 23.5. The Morgan fingerprint density at radius 3 is 2.35 bits per heavy atom. The van der Waals surface area contributed by atoms with Gasteiger partial charge in [-0.3, -0.25) is 4.90 Å². The van der Waals surface area contributed by atoms with E-state index in [1.54, 1.807) is 7.11 Å². The number of nitrogens with zero attached hydrogens (tertiary/aromatic N) is 2. The van der Waals surface area contributed by atoms with Gasteiger partial charge in [0.05, 0.1) is 35.5 Å². The van der Waals surface area contributed by atoms with Crippen molar-refractivity contribution in [2.24, 2.45) is 0 Å². The molecular weight excluding hydrogens is 446 g/mol.